The van der Waals surface area contributed by atoms with Gasteiger partial charge in [-0.3, -0.25) is 19.7 Å². The van der Waals surface area contributed by atoms with Gasteiger partial charge in [0.1, 0.15) is 6.04 Å². The molecule has 1 aromatic carbocycles. The molecular weight excluding hydrogens is 336 g/mol. The van der Waals surface area contributed by atoms with Crippen molar-refractivity contribution in [3.8, 4) is 0 Å². The van der Waals surface area contributed by atoms with Crippen molar-refractivity contribution in [1.82, 2.24) is 10.2 Å². The Balaban J connectivity index is 1.77. The minimum absolute atomic E-state index is 0.0931. The smallest absolute Gasteiger partial charge is 0.255 e. The molecule has 21 heavy (non-hydrogen) atoms. The Morgan fingerprint density at radius 2 is 2.00 bits per heavy atom. The summed E-state index contributed by atoms with van der Waals surface area (Å²) in [6.45, 7) is 0. The molecule has 3 amide bonds. The van der Waals surface area contributed by atoms with Gasteiger partial charge < -0.3 is 4.90 Å². The van der Waals surface area contributed by atoms with Crippen molar-refractivity contribution in [3.63, 3.8) is 0 Å². The third-order valence-corrected chi connectivity index (χ3v) is 5.13. The molecule has 1 aliphatic carbocycles. The van der Waals surface area contributed by atoms with E-state index in [2.05, 4.69) is 21.2 Å². The molecule has 5 nitrogen and oxygen atoms in total. The topological polar surface area (TPSA) is 66.5 Å². The SMILES string of the molecule is O=C1CCC(N2C(=O)c3ccc(Br)cc3C23CC3)C(=O)N1. The summed E-state index contributed by atoms with van der Waals surface area (Å²) >= 11 is 3.45. The number of rotatable bonds is 1. The number of piperidine rings is 1. The fraction of sp³-hybridized carbons (Fsp3) is 0.400. The summed E-state index contributed by atoms with van der Waals surface area (Å²) in [7, 11) is 0. The number of hydrogen-bond donors (Lipinski definition) is 1. The van der Waals surface area contributed by atoms with E-state index in [4.69, 9.17) is 0 Å². The molecule has 2 fully saturated rings. The monoisotopic (exact) mass is 348 g/mol. The maximum Gasteiger partial charge on any atom is 0.255 e. The molecule has 0 aromatic heterocycles. The minimum Gasteiger partial charge on any atom is -0.317 e. The van der Waals surface area contributed by atoms with Crippen LogP contribution in [0.15, 0.2) is 22.7 Å². The molecule has 1 unspecified atom stereocenters. The molecule has 0 bridgehead atoms. The molecule has 0 radical (unpaired) electrons. The maximum atomic E-state index is 12.7. The van der Waals surface area contributed by atoms with Crippen LogP contribution >= 0.6 is 15.9 Å². The van der Waals surface area contributed by atoms with E-state index in [-0.39, 0.29) is 29.7 Å². The lowest BCUT2D eigenvalue weighted by atomic mass is 10.00. The average Bonchev–Trinajstić information content (AvgIpc) is 3.18. The lowest BCUT2D eigenvalue weighted by Crippen LogP contribution is -2.55. The van der Waals surface area contributed by atoms with Gasteiger partial charge in [0, 0.05) is 16.5 Å². The van der Waals surface area contributed by atoms with Crippen molar-refractivity contribution in [1.29, 1.82) is 0 Å². The van der Waals surface area contributed by atoms with E-state index in [9.17, 15) is 14.4 Å². The van der Waals surface area contributed by atoms with E-state index in [0.29, 0.717) is 12.0 Å². The number of nitrogens with zero attached hydrogens (tertiary/aromatic N) is 1. The highest BCUT2D eigenvalue weighted by Gasteiger charge is 2.61. The predicted molar refractivity (Wildman–Crippen MR) is 77.4 cm³/mol. The van der Waals surface area contributed by atoms with Crippen LogP contribution in [0.3, 0.4) is 0 Å². The minimum atomic E-state index is -0.538. The largest absolute Gasteiger partial charge is 0.317 e. The van der Waals surface area contributed by atoms with Gasteiger partial charge in [0.25, 0.3) is 5.91 Å². The van der Waals surface area contributed by atoms with Crippen LogP contribution < -0.4 is 5.32 Å². The van der Waals surface area contributed by atoms with Gasteiger partial charge >= 0.3 is 0 Å². The Labute approximate surface area is 129 Å². The number of carbonyl (C=O) groups is 3. The average molecular weight is 349 g/mol. The van der Waals surface area contributed by atoms with Crippen LogP contribution in [0, 0.1) is 0 Å². The quantitative estimate of drug-likeness (QED) is 0.785. The van der Waals surface area contributed by atoms with Crippen molar-refractivity contribution in [2.45, 2.75) is 37.3 Å². The standard InChI is InChI=1S/C15H13BrN2O3/c16-8-1-2-9-10(7-8)15(5-6-15)18(14(9)21)11-3-4-12(19)17-13(11)20/h1-2,7,11H,3-6H2,(H,17,19,20). The lowest BCUT2D eigenvalue weighted by Gasteiger charge is -2.34. The van der Waals surface area contributed by atoms with E-state index >= 15 is 0 Å². The summed E-state index contributed by atoms with van der Waals surface area (Å²) in [4.78, 5) is 37.9. The maximum absolute atomic E-state index is 12.7. The number of carbonyl (C=O) groups excluding carboxylic acids is 3. The molecule has 1 aromatic rings. The molecule has 2 heterocycles. The second-order valence-corrected chi connectivity index (χ2v) is 6.78. The normalized spacial score (nSPS) is 26.0. The second-order valence-electron chi connectivity index (χ2n) is 5.86. The van der Waals surface area contributed by atoms with Gasteiger partial charge in [-0.05, 0) is 43.0 Å². The van der Waals surface area contributed by atoms with Crippen molar-refractivity contribution in [2.75, 3.05) is 0 Å². The van der Waals surface area contributed by atoms with E-state index in [1.807, 2.05) is 18.2 Å². The van der Waals surface area contributed by atoms with Crippen LogP contribution in [0.4, 0.5) is 0 Å². The van der Waals surface area contributed by atoms with Crippen molar-refractivity contribution < 1.29 is 14.4 Å². The number of nitrogens with one attached hydrogen (secondary N) is 1. The molecule has 1 spiro atoms. The second kappa shape index (κ2) is 4.16. The van der Waals surface area contributed by atoms with E-state index in [1.165, 1.54) is 0 Å². The third kappa shape index (κ3) is 1.71. The molecular formula is C15H13BrN2O3. The van der Waals surface area contributed by atoms with Gasteiger partial charge in [0.05, 0.1) is 5.54 Å². The fourth-order valence-corrected chi connectivity index (χ4v) is 3.90. The predicted octanol–water partition coefficient (Wildman–Crippen LogP) is 1.70. The molecule has 1 saturated carbocycles. The van der Waals surface area contributed by atoms with Crippen LogP contribution in [0.1, 0.15) is 41.6 Å². The summed E-state index contributed by atoms with van der Waals surface area (Å²) < 4.78 is 0.936. The number of amides is 3. The molecule has 1 saturated heterocycles. The summed E-state index contributed by atoms with van der Waals surface area (Å²) in [5, 5.41) is 2.35. The summed E-state index contributed by atoms with van der Waals surface area (Å²) in [6, 6.07) is 5.10. The van der Waals surface area contributed by atoms with E-state index in [1.54, 1.807) is 4.90 Å². The highest BCUT2D eigenvalue weighted by atomic mass is 79.9. The van der Waals surface area contributed by atoms with E-state index < -0.39 is 6.04 Å². The molecule has 3 aliphatic rings. The Morgan fingerprint density at radius 1 is 1.24 bits per heavy atom. The summed E-state index contributed by atoms with van der Waals surface area (Å²) in [5.41, 5.74) is 1.35. The first-order chi connectivity index (χ1) is 10.0. The van der Waals surface area contributed by atoms with Crippen LogP contribution in [0.25, 0.3) is 0 Å². The molecule has 4 rings (SSSR count). The first kappa shape index (κ1) is 13.0. The van der Waals surface area contributed by atoms with Crippen LogP contribution in [-0.2, 0) is 15.1 Å². The first-order valence-electron chi connectivity index (χ1n) is 7.00. The Morgan fingerprint density at radius 3 is 2.67 bits per heavy atom. The number of imide groups is 1. The number of benzene rings is 1. The third-order valence-electron chi connectivity index (χ3n) is 4.64. The van der Waals surface area contributed by atoms with Gasteiger partial charge in [0.2, 0.25) is 11.8 Å². The molecule has 6 heteroatoms. The van der Waals surface area contributed by atoms with Crippen molar-refractivity contribution >= 4 is 33.7 Å². The number of hydrogen-bond acceptors (Lipinski definition) is 3. The Bertz CT molecular complexity index is 696. The fourth-order valence-electron chi connectivity index (χ4n) is 3.54. The van der Waals surface area contributed by atoms with Crippen molar-refractivity contribution in [3.05, 3.63) is 33.8 Å². The van der Waals surface area contributed by atoms with Gasteiger partial charge in [-0.25, -0.2) is 0 Å². The Kier molecular flexibility index (Phi) is 2.58. The van der Waals surface area contributed by atoms with Gasteiger partial charge in [0.15, 0.2) is 0 Å². The number of halogens is 1. The highest BCUT2D eigenvalue weighted by Crippen LogP contribution is 2.58. The van der Waals surface area contributed by atoms with Gasteiger partial charge in [-0.1, -0.05) is 15.9 Å². The molecule has 1 N–H and O–H groups in total. The Hall–Kier alpha value is -1.69. The van der Waals surface area contributed by atoms with Crippen LogP contribution in [-0.4, -0.2) is 28.7 Å². The zero-order valence-corrected chi connectivity index (χ0v) is 12.8. The summed E-state index contributed by atoms with van der Waals surface area (Å²) in [5.74, 6) is -0.699. The molecule has 108 valence electrons. The van der Waals surface area contributed by atoms with Crippen LogP contribution in [0.2, 0.25) is 0 Å². The van der Waals surface area contributed by atoms with Gasteiger partial charge in [-0.15, -0.1) is 0 Å². The van der Waals surface area contributed by atoms with Crippen LogP contribution in [0.5, 0.6) is 0 Å². The highest BCUT2D eigenvalue weighted by molar-refractivity contribution is 9.10. The number of fused-ring (bicyclic) bond motifs is 2. The van der Waals surface area contributed by atoms with Gasteiger partial charge in [-0.2, -0.15) is 0 Å². The van der Waals surface area contributed by atoms with Crippen molar-refractivity contribution in [2.24, 2.45) is 0 Å². The molecule has 1 atom stereocenters. The molecule has 2 aliphatic heterocycles. The van der Waals surface area contributed by atoms with E-state index in [0.717, 1.165) is 22.9 Å². The zero-order valence-electron chi connectivity index (χ0n) is 11.2. The zero-order chi connectivity index (χ0) is 14.8. The lowest BCUT2D eigenvalue weighted by molar-refractivity contribution is -0.137. The first-order valence-corrected chi connectivity index (χ1v) is 7.80. The summed E-state index contributed by atoms with van der Waals surface area (Å²) in [6.07, 6.45) is 2.45.